The lowest BCUT2D eigenvalue weighted by Gasteiger charge is -2.18. The van der Waals surface area contributed by atoms with Crippen molar-refractivity contribution >= 4 is 34.9 Å². The summed E-state index contributed by atoms with van der Waals surface area (Å²) in [7, 11) is 1.54. The van der Waals surface area contributed by atoms with E-state index in [1.807, 2.05) is 13.0 Å². The van der Waals surface area contributed by atoms with E-state index >= 15 is 0 Å². The fourth-order valence-electron chi connectivity index (χ4n) is 3.65. The van der Waals surface area contributed by atoms with Gasteiger partial charge in [-0.3, -0.25) is 19.3 Å². The predicted octanol–water partition coefficient (Wildman–Crippen LogP) is 3.26. The van der Waals surface area contributed by atoms with Crippen molar-refractivity contribution in [2.75, 3.05) is 40.0 Å². The molecular weight excluding hydrogens is 472 g/mol. The van der Waals surface area contributed by atoms with Gasteiger partial charge in [0.1, 0.15) is 13.2 Å². The lowest BCUT2D eigenvalue weighted by molar-refractivity contribution is -0.124. The Morgan fingerprint density at radius 2 is 1.91 bits per heavy atom. The summed E-state index contributed by atoms with van der Waals surface area (Å²) in [4.78, 5) is 39.0. The van der Waals surface area contributed by atoms with Crippen molar-refractivity contribution in [2.24, 2.45) is 0 Å². The molecule has 1 saturated heterocycles. The van der Waals surface area contributed by atoms with Gasteiger partial charge in [0.2, 0.25) is 5.91 Å². The predicted molar refractivity (Wildman–Crippen MR) is 131 cm³/mol. The summed E-state index contributed by atoms with van der Waals surface area (Å²) in [5.74, 6) is 1.82. The number of ether oxygens (including phenoxy) is 4. The number of nitrogens with one attached hydrogen (secondary N) is 1. The molecule has 184 valence electrons. The molecule has 35 heavy (non-hydrogen) atoms. The lowest BCUT2D eigenvalue weighted by atomic mass is 10.1. The molecule has 2 heterocycles. The summed E-state index contributed by atoms with van der Waals surface area (Å²) in [6.45, 7) is 3.60. The van der Waals surface area contributed by atoms with E-state index in [2.05, 4.69) is 5.32 Å². The van der Waals surface area contributed by atoms with Crippen LogP contribution in [0.2, 0.25) is 0 Å². The van der Waals surface area contributed by atoms with E-state index in [4.69, 9.17) is 18.9 Å². The molecule has 10 heteroatoms. The van der Waals surface area contributed by atoms with E-state index in [-0.39, 0.29) is 30.7 Å². The van der Waals surface area contributed by atoms with Crippen LogP contribution in [0.3, 0.4) is 0 Å². The fraction of sp³-hybridized carbons (Fsp3) is 0.320. The molecule has 9 nitrogen and oxygen atoms in total. The molecule has 2 aromatic carbocycles. The number of nitrogens with zero attached hydrogens (tertiary/aromatic N) is 1. The Hall–Kier alpha value is -3.66. The van der Waals surface area contributed by atoms with E-state index in [0.29, 0.717) is 53.3 Å². The standard InChI is InChI=1S/C25H26N2O7S/c1-3-32-18-6-4-16(12-20(18)31-2)14-22-24(29)27(25(30)35-22)9-8-26-23(28)15-17-5-7-19-21(13-17)34-11-10-33-19/h4-7,12-14H,3,8-11,15H2,1-2H3,(H,26,28). The summed E-state index contributed by atoms with van der Waals surface area (Å²) in [6, 6.07) is 10.7. The first-order valence-electron chi connectivity index (χ1n) is 11.2. The number of rotatable bonds is 9. The zero-order valence-corrected chi connectivity index (χ0v) is 20.3. The third kappa shape index (κ3) is 5.89. The zero-order chi connectivity index (χ0) is 24.8. The SMILES string of the molecule is CCOc1ccc(C=C2SC(=O)N(CCNC(=O)Cc3ccc4c(c3)OCCO4)C2=O)cc1OC. The molecule has 3 amide bonds. The van der Waals surface area contributed by atoms with Gasteiger partial charge >= 0.3 is 0 Å². The molecule has 2 aromatic rings. The Morgan fingerprint density at radius 1 is 1.11 bits per heavy atom. The quantitative estimate of drug-likeness (QED) is 0.526. The molecule has 4 rings (SSSR count). The van der Waals surface area contributed by atoms with Gasteiger partial charge in [0.25, 0.3) is 11.1 Å². The number of imide groups is 1. The Labute approximate surface area is 207 Å². The van der Waals surface area contributed by atoms with Crippen LogP contribution in [0, 0.1) is 0 Å². The van der Waals surface area contributed by atoms with Crippen molar-refractivity contribution in [1.29, 1.82) is 0 Å². The molecule has 0 aromatic heterocycles. The zero-order valence-electron chi connectivity index (χ0n) is 19.5. The molecule has 0 saturated carbocycles. The third-order valence-electron chi connectivity index (χ3n) is 5.29. The average molecular weight is 499 g/mol. The average Bonchev–Trinajstić information content (AvgIpc) is 3.12. The van der Waals surface area contributed by atoms with Gasteiger partial charge in [0.15, 0.2) is 23.0 Å². The van der Waals surface area contributed by atoms with Crippen LogP contribution in [0.4, 0.5) is 4.79 Å². The topological polar surface area (TPSA) is 103 Å². The minimum absolute atomic E-state index is 0.0848. The Kier molecular flexibility index (Phi) is 7.81. The molecule has 1 fully saturated rings. The smallest absolute Gasteiger partial charge is 0.293 e. The van der Waals surface area contributed by atoms with Gasteiger partial charge < -0.3 is 24.3 Å². The van der Waals surface area contributed by atoms with Gasteiger partial charge in [0, 0.05) is 13.1 Å². The molecule has 2 aliphatic rings. The van der Waals surface area contributed by atoms with Crippen LogP contribution >= 0.6 is 11.8 Å². The maximum absolute atomic E-state index is 12.8. The summed E-state index contributed by atoms with van der Waals surface area (Å²) >= 11 is 0.867. The van der Waals surface area contributed by atoms with Crippen molar-refractivity contribution < 1.29 is 33.3 Å². The second kappa shape index (κ2) is 11.2. The highest BCUT2D eigenvalue weighted by Gasteiger charge is 2.34. The Morgan fingerprint density at radius 3 is 2.69 bits per heavy atom. The Bertz CT molecular complexity index is 1160. The van der Waals surface area contributed by atoms with E-state index in [1.165, 1.54) is 7.11 Å². The largest absolute Gasteiger partial charge is 0.493 e. The molecular formula is C25H26N2O7S. The number of carbonyl (C=O) groups is 3. The first-order chi connectivity index (χ1) is 17.0. The fourth-order valence-corrected chi connectivity index (χ4v) is 4.51. The van der Waals surface area contributed by atoms with Crippen molar-refractivity contribution in [3.05, 3.63) is 52.4 Å². The molecule has 0 bridgehead atoms. The number of benzene rings is 2. The number of carbonyl (C=O) groups excluding carboxylic acids is 3. The highest BCUT2D eigenvalue weighted by molar-refractivity contribution is 8.18. The summed E-state index contributed by atoms with van der Waals surface area (Å²) in [5.41, 5.74) is 1.50. The first-order valence-corrected chi connectivity index (χ1v) is 12.0. The monoisotopic (exact) mass is 498 g/mol. The van der Waals surface area contributed by atoms with Gasteiger partial charge in [-0.2, -0.15) is 0 Å². The van der Waals surface area contributed by atoms with Crippen LogP contribution < -0.4 is 24.3 Å². The van der Waals surface area contributed by atoms with Crippen molar-refractivity contribution in [2.45, 2.75) is 13.3 Å². The van der Waals surface area contributed by atoms with E-state index in [9.17, 15) is 14.4 Å². The highest BCUT2D eigenvalue weighted by Crippen LogP contribution is 2.34. The second-order valence-corrected chi connectivity index (χ2v) is 8.67. The minimum Gasteiger partial charge on any atom is -0.493 e. The summed E-state index contributed by atoms with van der Waals surface area (Å²) < 4.78 is 21.9. The maximum Gasteiger partial charge on any atom is 0.293 e. The number of amides is 3. The number of hydrogen-bond acceptors (Lipinski definition) is 8. The summed E-state index contributed by atoms with van der Waals surface area (Å²) in [6.07, 6.45) is 1.79. The summed E-state index contributed by atoms with van der Waals surface area (Å²) in [5, 5.41) is 2.39. The van der Waals surface area contributed by atoms with Crippen molar-refractivity contribution in [1.82, 2.24) is 10.2 Å². The van der Waals surface area contributed by atoms with Gasteiger partial charge in [0.05, 0.1) is 25.0 Å². The third-order valence-corrected chi connectivity index (χ3v) is 6.20. The van der Waals surface area contributed by atoms with Crippen molar-refractivity contribution in [3.63, 3.8) is 0 Å². The van der Waals surface area contributed by atoms with Crippen LogP contribution in [0.1, 0.15) is 18.1 Å². The number of thioether (sulfide) groups is 1. The molecule has 0 radical (unpaired) electrons. The van der Waals surface area contributed by atoms with E-state index in [0.717, 1.165) is 22.2 Å². The molecule has 0 aliphatic carbocycles. The highest BCUT2D eigenvalue weighted by atomic mass is 32.2. The van der Waals surface area contributed by atoms with Crippen LogP contribution in [-0.4, -0.2) is 62.0 Å². The van der Waals surface area contributed by atoms with Crippen LogP contribution in [0.15, 0.2) is 41.3 Å². The van der Waals surface area contributed by atoms with Gasteiger partial charge in [-0.1, -0.05) is 12.1 Å². The normalized spacial score (nSPS) is 15.9. The first kappa shape index (κ1) is 24.5. The van der Waals surface area contributed by atoms with Gasteiger partial charge in [-0.05, 0) is 60.2 Å². The molecule has 0 unspecified atom stereocenters. The maximum atomic E-state index is 12.8. The second-order valence-electron chi connectivity index (χ2n) is 7.68. The van der Waals surface area contributed by atoms with Crippen LogP contribution in [0.25, 0.3) is 6.08 Å². The van der Waals surface area contributed by atoms with E-state index < -0.39 is 5.91 Å². The number of fused-ring (bicyclic) bond motifs is 1. The van der Waals surface area contributed by atoms with E-state index in [1.54, 1.807) is 36.4 Å². The number of methoxy groups -OCH3 is 1. The molecule has 0 atom stereocenters. The minimum atomic E-state index is -0.395. The van der Waals surface area contributed by atoms with Crippen LogP contribution in [0.5, 0.6) is 23.0 Å². The van der Waals surface area contributed by atoms with Crippen molar-refractivity contribution in [3.8, 4) is 23.0 Å². The number of hydrogen-bond donors (Lipinski definition) is 1. The lowest BCUT2D eigenvalue weighted by Crippen LogP contribution is -2.37. The van der Waals surface area contributed by atoms with Gasteiger partial charge in [-0.25, -0.2) is 0 Å². The Balaban J connectivity index is 1.31. The molecule has 2 aliphatic heterocycles. The van der Waals surface area contributed by atoms with Gasteiger partial charge in [-0.15, -0.1) is 0 Å². The van der Waals surface area contributed by atoms with Crippen LogP contribution in [-0.2, 0) is 16.0 Å². The molecule has 0 spiro atoms. The molecule has 1 N–H and O–H groups in total.